The molecule has 0 aliphatic carbocycles. The van der Waals surface area contributed by atoms with E-state index in [-0.39, 0.29) is 5.41 Å². The van der Waals surface area contributed by atoms with E-state index in [0.717, 1.165) is 28.5 Å². The molecule has 0 saturated carbocycles. The fourth-order valence-electron chi connectivity index (χ4n) is 7.34. The Morgan fingerprint density at radius 2 is 1.15 bits per heavy atom. The van der Waals surface area contributed by atoms with Crippen LogP contribution in [0, 0.1) is 0 Å². The molecule has 7 heteroatoms. The van der Waals surface area contributed by atoms with Crippen molar-refractivity contribution in [2.75, 3.05) is 0 Å². The van der Waals surface area contributed by atoms with Gasteiger partial charge in [-0.05, 0) is 127 Å². The van der Waals surface area contributed by atoms with Crippen molar-refractivity contribution >= 4 is 52.5 Å². The summed E-state index contributed by atoms with van der Waals surface area (Å²) >= 11 is 0. The van der Waals surface area contributed by atoms with Crippen molar-refractivity contribution in [3.63, 3.8) is 0 Å². The Labute approximate surface area is 292 Å². The molecule has 2 saturated heterocycles. The topological polar surface area (TPSA) is 41.9 Å². The van der Waals surface area contributed by atoms with Crippen LogP contribution >= 0.6 is 0 Å². The van der Waals surface area contributed by atoms with Crippen LogP contribution in [-0.2, 0) is 24.0 Å². The van der Waals surface area contributed by atoms with E-state index in [2.05, 4.69) is 132 Å². The lowest BCUT2D eigenvalue weighted by Crippen LogP contribution is -2.41. The van der Waals surface area contributed by atoms with Gasteiger partial charge in [0.05, 0.1) is 22.4 Å². The van der Waals surface area contributed by atoms with Crippen molar-refractivity contribution in [2.45, 2.75) is 176 Å². The third-order valence-electron chi connectivity index (χ3n) is 11.8. The first-order valence-electron chi connectivity index (χ1n) is 18.6. The molecule has 0 radical (unpaired) electrons. The molecule has 48 heavy (non-hydrogen) atoms. The highest BCUT2D eigenvalue weighted by molar-refractivity contribution is 6.64. The van der Waals surface area contributed by atoms with Crippen molar-refractivity contribution in [2.24, 2.45) is 0 Å². The van der Waals surface area contributed by atoms with Crippen molar-refractivity contribution in [3.8, 4) is 0 Å². The first-order valence-corrected chi connectivity index (χ1v) is 18.6. The Bertz CT molecular complexity index is 1640. The molecular formula is C41H63B2NO4. The maximum atomic E-state index is 6.72. The van der Waals surface area contributed by atoms with Gasteiger partial charge in [-0.2, -0.15) is 0 Å². The summed E-state index contributed by atoms with van der Waals surface area (Å²) in [6.07, 6.45) is 8.84. The third-order valence-corrected chi connectivity index (χ3v) is 11.8. The zero-order valence-corrected chi connectivity index (χ0v) is 32.8. The first-order chi connectivity index (χ1) is 22.1. The highest BCUT2D eigenvalue weighted by Gasteiger charge is 2.54. The van der Waals surface area contributed by atoms with E-state index in [1.807, 2.05) is 0 Å². The molecule has 2 aromatic carbocycles. The number of nitrogens with zero attached hydrogens (tertiary/aromatic N) is 1. The van der Waals surface area contributed by atoms with Crippen LogP contribution in [0.4, 0.5) is 0 Å². The van der Waals surface area contributed by atoms with Gasteiger partial charge in [0.25, 0.3) is 0 Å². The van der Waals surface area contributed by atoms with Crippen molar-refractivity contribution in [1.82, 2.24) is 4.57 Å². The molecule has 262 valence electrons. The molecule has 3 aromatic rings. The zero-order valence-electron chi connectivity index (χ0n) is 32.8. The molecule has 3 heterocycles. The van der Waals surface area contributed by atoms with Gasteiger partial charge in [-0.25, -0.2) is 0 Å². The van der Waals surface area contributed by atoms with Gasteiger partial charge in [-0.3, -0.25) is 0 Å². The van der Waals surface area contributed by atoms with Crippen LogP contribution in [0.3, 0.4) is 0 Å². The van der Waals surface area contributed by atoms with E-state index in [0.29, 0.717) is 6.04 Å². The minimum Gasteiger partial charge on any atom is -0.399 e. The monoisotopic (exact) mass is 655 g/mol. The van der Waals surface area contributed by atoms with Gasteiger partial charge in [0.15, 0.2) is 0 Å². The number of benzene rings is 2. The lowest BCUT2D eigenvalue weighted by molar-refractivity contribution is 0.00578. The molecule has 0 N–H and O–H groups in total. The second-order valence-electron chi connectivity index (χ2n) is 17.9. The molecule has 1 aromatic heterocycles. The minimum atomic E-state index is -0.475. The van der Waals surface area contributed by atoms with Crippen LogP contribution in [0.25, 0.3) is 27.4 Å². The Morgan fingerprint density at radius 1 is 0.708 bits per heavy atom. The fraction of sp³-hybridized carbons (Fsp3) is 0.659. The molecule has 1 atom stereocenters. The maximum Gasteiger partial charge on any atom is 0.495 e. The predicted octanol–water partition coefficient (Wildman–Crippen LogP) is 10.0. The fourth-order valence-corrected chi connectivity index (χ4v) is 7.34. The van der Waals surface area contributed by atoms with Gasteiger partial charge in [0.2, 0.25) is 0 Å². The summed E-state index contributed by atoms with van der Waals surface area (Å²) in [7, 11) is -0.919. The number of fused-ring (bicyclic) bond motifs is 3. The summed E-state index contributed by atoms with van der Waals surface area (Å²) < 4.78 is 29.3. The van der Waals surface area contributed by atoms with Gasteiger partial charge in [0, 0.05) is 27.8 Å². The molecular weight excluding hydrogens is 592 g/mol. The van der Waals surface area contributed by atoms with E-state index >= 15 is 0 Å². The SMILES string of the molecule is C=C(C)c1cc2c3cc(C(C)(C)C)c(B4OC(C)(C)C(C)(C)O4)cc3n(C(C)CCCCCCCC)c2cc1B1OC(C)(C)C(C)(C)O1. The van der Waals surface area contributed by atoms with Crippen molar-refractivity contribution in [3.05, 3.63) is 42.0 Å². The lowest BCUT2D eigenvalue weighted by atomic mass is 9.69. The third kappa shape index (κ3) is 6.71. The molecule has 0 spiro atoms. The van der Waals surface area contributed by atoms with E-state index < -0.39 is 36.6 Å². The van der Waals surface area contributed by atoms with Gasteiger partial charge < -0.3 is 23.2 Å². The molecule has 0 amide bonds. The second kappa shape index (κ2) is 12.9. The van der Waals surface area contributed by atoms with E-state index in [1.54, 1.807) is 0 Å². The van der Waals surface area contributed by atoms with E-state index in [4.69, 9.17) is 18.6 Å². The van der Waals surface area contributed by atoms with Crippen LogP contribution in [0.15, 0.2) is 30.8 Å². The van der Waals surface area contributed by atoms with Crippen LogP contribution in [0.2, 0.25) is 0 Å². The number of aromatic nitrogens is 1. The molecule has 0 bridgehead atoms. The summed E-state index contributed by atoms with van der Waals surface area (Å²) in [5.74, 6) is 0. The Hall–Kier alpha value is -2.05. The Balaban J connectivity index is 1.74. The summed E-state index contributed by atoms with van der Waals surface area (Å²) in [6, 6.07) is 9.78. The average Bonchev–Trinajstić information content (AvgIpc) is 3.48. The maximum absolute atomic E-state index is 6.72. The molecule has 5 nitrogen and oxygen atoms in total. The number of unbranched alkanes of at least 4 members (excludes halogenated alkanes) is 5. The van der Waals surface area contributed by atoms with Gasteiger partial charge in [-0.1, -0.05) is 78.4 Å². The molecule has 2 aliphatic rings. The molecule has 2 fully saturated rings. The second-order valence-corrected chi connectivity index (χ2v) is 17.9. The largest absolute Gasteiger partial charge is 0.495 e. The van der Waals surface area contributed by atoms with E-state index in [9.17, 15) is 0 Å². The average molecular weight is 656 g/mol. The summed E-state index contributed by atoms with van der Waals surface area (Å²) in [5, 5.41) is 2.50. The first kappa shape index (κ1) is 37.2. The summed E-state index contributed by atoms with van der Waals surface area (Å²) in [5.41, 5.74) is 6.12. The molecule has 5 rings (SSSR count). The highest BCUT2D eigenvalue weighted by atomic mass is 16.7. The number of hydrogen-bond donors (Lipinski definition) is 0. The lowest BCUT2D eigenvalue weighted by Gasteiger charge is -2.32. The molecule has 1 unspecified atom stereocenters. The summed E-state index contributed by atoms with van der Waals surface area (Å²) in [4.78, 5) is 0. The Morgan fingerprint density at radius 3 is 1.62 bits per heavy atom. The van der Waals surface area contributed by atoms with Crippen LogP contribution in [0.1, 0.15) is 159 Å². The van der Waals surface area contributed by atoms with Gasteiger partial charge in [0.1, 0.15) is 0 Å². The van der Waals surface area contributed by atoms with Crippen molar-refractivity contribution in [1.29, 1.82) is 0 Å². The van der Waals surface area contributed by atoms with Crippen molar-refractivity contribution < 1.29 is 18.6 Å². The van der Waals surface area contributed by atoms with Crippen LogP contribution in [-0.4, -0.2) is 41.2 Å². The number of allylic oxidation sites excluding steroid dienone is 1. The predicted molar refractivity (Wildman–Crippen MR) is 207 cm³/mol. The zero-order chi connectivity index (χ0) is 35.6. The quantitative estimate of drug-likeness (QED) is 0.152. The summed E-state index contributed by atoms with van der Waals surface area (Å²) in [6.45, 7) is 35.1. The number of rotatable bonds is 11. The smallest absolute Gasteiger partial charge is 0.399 e. The highest BCUT2D eigenvalue weighted by Crippen LogP contribution is 2.42. The van der Waals surface area contributed by atoms with Gasteiger partial charge in [-0.15, -0.1) is 0 Å². The number of hydrogen-bond acceptors (Lipinski definition) is 4. The van der Waals surface area contributed by atoms with Crippen LogP contribution in [0.5, 0.6) is 0 Å². The Kier molecular flexibility index (Phi) is 10.0. The van der Waals surface area contributed by atoms with E-state index in [1.165, 1.54) is 65.9 Å². The minimum absolute atomic E-state index is 0.120. The normalized spacial score (nSPS) is 20.7. The standard InChI is InChI=1S/C41H63B2NO4/c1-16-17-18-19-20-21-22-28(4)44-35-25-33(42-45-38(8,9)39(10,11)46-42)29(27(2)3)23-30(35)31-24-32(37(5,6)7)34(26-36(31)44)43-47-40(12,13)41(14,15)48-43/h23-26,28H,2,16-22H2,1,3-15H3. The molecule has 2 aliphatic heterocycles. The van der Waals surface area contributed by atoms with Gasteiger partial charge >= 0.3 is 14.2 Å². The van der Waals surface area contributed by atoms with Crippen LogP contribution < -0.4 is 10.9 Å².